The highest BCUT2D eigenvalue weighted by molar-refractivity contribution is 6.16. The largest absolute Gasteiger partial charge is 0.455 e. The van der Waals surface area contributed by atoms with Gasteiger partial charge >= 0.3 is 0 Å². The van der Waals surface area contributed by atoms with Gasteiger partial charge in [0.15, 0.2) is 0 Å². The lowest BCUT2D eigenvalue weighted by Gasteiger charge is -2.10. The zero-order valence-electron chi connectivity index (χ0n) is 27.2. The SMILES string of the molecule is c1ccc(-c2ccc3ccc4ccc(-c5ccc(-c6nc7ccccc7c7oc(-c8cccnc8)c(-c8cccnc8)c67)cc5)nc4c3n2)cc1. The molecule has 10 aromatic rings. The second kappa shape index (κ2) is 11.8. The number of hydrogen-bond acceptors (Lipinski definition) is 6. The van der Waals surface area contributed by atoms with Crippen LogP contribution in [0.15, 0.2) is 169 Å². The molecule has 0 atom stereocenters. The number of furan rings is 1. The van der Waals surface area contributed by atoms with E-state index in [0.717, 1.165) is 99.9 Å². The third kappa shape index (κ3) is 4.92. The first-order chi connectivity index (χ1) is 25.3. The maximum absolute atomic E-state index is 6.80. The molecule has 10 rings (SSSR count). The third-order valence-electron chi connectivity index (χ3n) is 9.44. The summed E-state index contributed by atoms with van der Waals surface area (Å²) in [5, 5.41) is 3.99. The van der Waals surface area contributed by atoms with Crippen LogP contribution in [0.25, 0.3) is 99.9 Å². The molecule has 0 saturated carbocycles. The Morgan fingerprint density at radius 3 is 1.67 bits per heavy atom. The van der Waals surface area contributed by atoms with E-state index < -0.39 is 0 Å². The Labute approximate surface area is 292 Å². The lowest BCUT2D eigenvalue weighted by molar-refractivity contribution is 0.635. The highest BCUT2D eigenvalue weighted by Crippen LogP contribution is 2.46. The van der Waals surface area contributed by atoms with Crippen molar-refractivity contribution in [3.63, 3.8) is 0 Å². The summed E-state index contributed by atoms with van der Waals surface area (Å²) in [5.74, 6) is 0.735. The van der Waals surface area contributed by atoms with Crippen molar-refractivity contribution in [3.05, 3.63) is 164 Å². The normalized spacial score (nSPS) is 11.5. The van der Waals surface area contributed by atoms with Gasteiger partial charge in [-0.15, -0.1) is 0 Å². The molecule has 0 amide bonds. The first-order valence-corrected chi connectivity index (χ1v) is 16.8. The fourth-order valence-corrected chi connectivity index (χ4v) is 6.98. The summed E-state index contributed by atoms with van der Waals surface area (Å²) in [6.45, 7) is 0. The van der Waals surface area contributed by atoms with E-state index in [1.54, 1.807) is 12.4 Å². The third-order valence-corrected chi connectivity index (χ3v) is 9.44. The summed E-state index contributed by atoms with van der Waals surface area (Å²) in [7, 11) is 0. The molecule has 0 aliphatic heterocycles. The number of fused-ring (bicyclic) bond motifs is 6. The van der Waals surface area contributed by atoms with E-state index in [-0.39, 0.29) is 0 Å². The zero-order chi connectivity index (χ0) is 33.7. The van der Waals surface area contributed by atoms with E-state index in [0.29, 0.717) is 0 Å². The Kier molecular flexibility index (Phi) is 6.70. The van der Waals surface area contributed by atoms with Crippen molar-refractivity contribution in [1.29, 1.82) is 0 Å². The fraction of sp³-hybridized carbons (Fsp3) is 0. The van der Waals surface area contributed by atoms with Gasteiger partial charge in [-0.1, -0.05) is 97.1 Å². The molecule has 0 unspecified atom stereocenters. The van der Waals surface area contributed by atoms with Crippen LogP contribution in [0.1, 0.15) is 0 Å². The summed E-state index contributed by atoms with van der Waals surface area (Å²) < 4.78 is 6.80. The number of pyridine rings is 5. The molecular formula is C45H27N5O. The van der Waals surface area contributed by atoms with E-state index in [4.69, 9.17) is 19.4 Å². The summed E-state index contributed by atoms with van der Waals surface area (Å²) in [5.41, 5.74) is 11.9. The number of para-hydroxylation sites is 1. The van der Waals surface area contributed by atoms with Crippen LogP contribution in [0.5, 0.6) is 0 Å². The Morgan fingerprint density at radius 2 is 1.00 bits per heavy atom. The molecule has 0 bridgehead atoms. The number of hydrogen-bond donors (Lipinski definition) is 0. The molecule has 6 heterocycles. The van der Waals surface area contributed by atoms with Crippen molar-refractivity contribution in [1.82, 2.24) is 24.9 Å². The van der Waals surface area contributed by atoms with Gasteiger partial charge in [-0.3, -0.25) is 9.97 Å². The monoisotopic (exact) mass is 653 g/mol. The van der Waals surface area contributed by atoms with Gasteiger partial charge in [-0.25, -0.2) is 15.0 Å². The molecule has 0 aliphatic carbocycles. The molecule has 6 heteroatoms. The van der Waals surface area contributed by atoms with Crippen LogP contribution in [0.2, 0.25) is 0 Å². The summed E-state index contributed by atoms with van der Waals surface area (Å²) in [6.07, 6.45) is 7.26. The van der Waals surface area contributed by atoms with Gasteiger partial charge in [0.1, 0.15) is 11.3 Å². The van der Waals surface area contributed by atoms with Crippen LogP contribution in [0.4, 0.5) is 0 Å². The summed E-state index contributed by atoms with van der Waals surface area (Å²) >= 11 is 0. The van der Waals surface area contributed by atoms with Gasteiger partial charge in [0.25, 0.3) is 0 Å². The topological polar surface area (TPSA) is 77.6 Å². The molecule has 51 heavy (non-hydrogen) atoms. The average Bonchev–Trinajstić information content (AvgIpc) is 3.62. The number of benzene rings is 4. The minimum absolute atomic E-state index is 0.735. The van der Waals surface area contributed by atoms with E-state index in [1.807, 2.05) is 67.0 Å². The van der Waals surface area contributed by atoms with E-state index in [2.05, 4.69) is 94.9 Å². The van der Waals surface area contributed by atoms with Crippen molar-refractivity contribution >= 4 is 43.7 Å². The predicted molar refractivity (Wildman–Crippen MR) is 205 cm³/mol. The second-order valence-electron chi connectivity index (χ2n) is 12.5. The molecule has 6 aromatic heterocycles. The van der Waals surface area contributed by atoms with Crippen molar-refractivity contribution in [3.8, 4) is 56.2 Å². The van der Waals surface area contributed by atoms with Crippen LogP contribution in [-0.2, 0) is 0 Å². The maximum Gasteiger partial charge on any atom is 0.147 e. The number of nitrogens with zero attached hydrogens (tertiary/aromatic N) is 5. The van der Waals surface area contributed by atoms with Crippen LogP contribution in [0.3, 0.4) is 0 Å². The second-order valence-corrected chi connectivity index (χ2v) is 12.5. The molecule has 0 N–H and O–H groups in total. The quantitative estimate of drug-likeness (QED) is 0.172. The van der Waals surface area contributed by atoms with Crippen molar-refractivity contribution in [2.45, 2.75) is 0 Å². The van der Waals surface area contributed by atoms with Crippen molar-refractivity contribution in [2.24, 2.45) is 0 Å². The van der Waals surface area contributed by atoms with Gasteiger partial charge in [0.05, 0.1) is 39.0 Å². The Bertz CT molecular complexity index is 2890. The lowest BCUT2D eigenvalue weighted by atomic mass is 9.95. The van der Waals surface area contributed by atoms with E-state index in [9.17, 15) is 0 Å². The molecule has 0 spiro atoms. The fourth-order valence-electron chi connectivity index (χ4n) is 6.98. The van der Waals surface area contributed by atoms with Crippen molar-refractivity contribution in [2.75, 3.05) is 0 Å². The smallest absolute Gasteiger partial charge is 0.147 e. The van der Waals surface area contributed by atoms with Gasteiger partial charge < -0.3 is 4.42 Å². The molecule has 0 fully saturated rings. The Hall–Kier alpha value is -7.05. The Morgan fingerprint density at radius 1 is 0.431 bits per heavy atom. The predicted octanol–water partition coefficient (Wildman–Crippen LogP) is 11.2. The molecule has 0 aliphatic rings. The van der Waals surface area contributed by atoms with Crippen molar-refractivity contribution < 1.29 is 4.42 Å². The highest BCUT2D eigenvalue weighted by atomic mass is 16.3. The Balaban J connectivity index is 1.14. The highest BCUT2D eigenvalue weighted by Gasteiger charge is 2.24. The van der Waals surface area contributed by atoms with Gasteiger partial charge in [0.2, 0.25) is 0 Å². The van der Waals surface area contributed by atoms with Gasteiger partial charge in [0, 0.05) is 74.3 Å². The molecular weight excluding hydrogens is 627 g/mol. The van der Waals surface area contributed by atoms with E-state index >= 15 is 0 Å². The maximum atomic E-state index is 6.80. The molecule has 4 aromatic carbocycles. The molecule has 0 saturated heterocycles. The van der Waals surface area contributed by atoms with Crippen LogP contribution >= 0.6 is 0 Å². The number of rotatable bonds is 5. The minimum atomic E-state index is 0.735. The average molecular weight is 654 g/mol. The van der Waals surface area contributed by atoms with Gasteiger partial charge in [-0.2, -0.15) is 0 Å². The zero-order valence-corrected chi connectivity index (χ0v) is 27.2. The first-order valence-electron chi connectivity index (χ1n) is 16.8. The standard InChI is InChI=1S/C45H27N5O/c1-2-8-28(9-3-1)36-22-20-31-18-19-32-21-23-37(49-43(32)42(31)48-36)29-14-16-30(17-15-29)41-40-39(33-10-6-24-46-26-33)44(34-11-7-25-47-27-34)51-45(40)35-12-4-5-13-38(35)50-41/h1-27H. The lowest BCUT2D eigenvalue weighted by Crippen LogP contribution is -1.92. The molecule has 0 radical (unpaired) electrons. The van der Waals surface area contributed by atoms with Crippen LogP contribution < -0.4 is 0 Å². The van der Waals surface area contributed by atoms with E-state index in [1.165, 1.54) is 0 Å². The number of aromatic nitrogens is 5. The minimum Gasteiger partial charge on any atom is -0.455 e. The first kappa shape index (κ1) is 28.9. The summed E-state index contributed by atoms with van der Waals surface area (Å²) in [4.78, 5) is 24.4. The van der Waals surface area contributed by atoms with Crippen LogP contribution in [-0.4, -0.2) is 24.9 Å². The molecule has 6 nitrogen and oxygen atoms in total. The molecule has 238 valence electrons. The van der Waals surface area contributed by atoms with Crippen LogP contribution in [0, 0.1) is 0 Å². The van der Waals surface area contributed by atoms with Gasteiger partial charge in [-0.05, 0) is 42.5 Å². The summed E-state index contributed by atoms with van der Waals surface area (Å²) in [6, 6.07) is 47.4.